The SMILES string of the molecule is C=C[C@H]1OC(c2ccc(OC)cc2)OC[C@@H]1C. The molecule has 3 nitrogen and oxygen atoms in total. The van der Waals surface area contributed by atoms with Crippen molar-refractivity contribution in [3.8, 4) is 5.75 Å². The number of ether oxygens (including phenoxy) is 3. The molecule has 0 aromatic heterocycles. The molecule has 1 aliphatic heterocycles. The fourth-order valence-electron chi connectivity index (χ4n) is 1.87. The van der Waals surface area contributed by atoms with Gasteiger partial charge in [-0.25, -0.2) is 0 Å². The van der Waals surface area contributed by atoms with Gasteiger partial charge in [-0.2, -0.15) is 0 Å². The van der Waals surface area contributed by atoms with Crippen molar-refractivity contribution in [2.45, 2.75) is 19.3 Å². The average Bonchev–Trinajstić information content (AvgIpc) is 2.39. The van der Waals surface area contributed by atoms with Crippen LogP contribution in [0.15, 0.2) is 36.9 Å². The van der Waals surface area contributed by atoms with E-state index in [0.717, 1.165) is 11.3 Å². The van der Waals surface area contributed by atoms with E-state index in [1.807, 2.05) is 30.3 Å². The van der Waals surface area contributed by atoms with E-state index in [2.05, 4.69) is 13.5 Å². The Hall–Kier alpha value is -1.32. The Balaban J connectivity index is 2.09. The zero-order chi connectivity index (χ0) is 12.3. The van der Waals surface area contributed by atoms with Crippen molar-refractivity contribution in [1.29, 1.82) is 0 Å². The van der Waals surface area contributed by atoms with Gasteiger partial charge in [0.2, 0.25) is 0 Å². The Morgan fingerprint density at radius 2 is 2.06 bits per heavy atom. The minimum Gasteiger partial charge on any atom is -0.497 e. The summed E-state index contributed by atoms with van der Waals surface area (Å²) in [6, 6.07) is 7.73. The van der Waals surface area contributed by atoms with Crippen molar-refractivity contribution in [1.82, 2.24) is 0 Å². The molecule has 1 aromatic rings. The summed E-state index contributed by atoms with van der Waals surface area (Å²) in [5.41, 5.74) is 1.00. The lowest BCUT2D eigenvalue weighted by molar-refractivity contribution is -0.225. The molecule has 1 aromatic carbocycles. The second-order valence-electron chi connectivity index (χ2n) is 4.25. The third-order valence-corrected chi connectivity index (χ3v) is 2.97. The largest absolute Gasteiger partial charge is 0.497 e. The van der Waals surface area contributed by atoms with E-state index in [0.29, 0.717) is 12.5 Å². The lowest BCUT2D eigenvalue weighted by atomic mass is 10.0. The van der Waals surface area contributed by atoms with E-state index in [1.54, 1.807) is 7.11 Å². The highest BCUT2D eigenvalue weighted by atomic mass is 16.7. The third-order valence-electron chi connectivity index (χ3n) is 2.97. The van der Waals surface area contributed by atoms with Crippen LogP contribution in [0.3, 0.4) is 0 Å². The topological polar surface area (TPSA) is 27.7 Å². The molecule has 17 heavy (non-hydrogen) atoms. The first kappa shape index (κ1) is 12.1. The Morgan fingerprint density at radius 3 is 2.65 bits per heavy atom. The molecule has 0 saturated carbocycles. The number of hydrogen-bond donors (Lipinski definition) is 0. The quantitative estimate of drug-likeness (QED) is 0.753. The molecule has 1 fully saturated rings. The van der Waals surface area contributed by atoms with Crippen LogP contribution in [0.1, 0.15) is 18.8 Å². The van der Waals surface area contributed by atoms with Crippen LogP contribution < -0.4 is 4.74 Å². The average molecular weight is 234 g/mol. The minimum atomic E-state index is -0.305. The molecule has 0 bridgehead atoms. The molecule has 3 heteroatoms. The molecule has 92 valence electrons. The summed E-state index contributed by atoms with van der Waals surface area (Å²) >= 11 is 0. The molecule has 1 heterocycles. The first-order valence-electron chi connectivity index (χ1n) is 5.78. The Labute approximate surface area is 102 Å². The fraction of sp³-hybridized carbons (Fsp3) is 0.429. The van der Waals surface area contributed by atoms with Gasteiger partial charge in [-0.1, -0.05) is 25.1 Å². The van der Waals surface area contributed by atoms with Gasteiger partial charge in [0.05, 0.1) is 19.8 Å². The van der Waals surface area contributed by atoms with E-state index in [9.17, 15) is 0 Å². The van der Waals surface area contributed by atoms with Crippen molar-refractivity contribution in [3.05, 3.63) is 42.5 Å². The van der Waals surface area contributed by atoms with Gasteiger partial charge >= 0.3 is 0 Å². The van der Waals surface area contributed by atoms with Gasteiger partial charge in [-0.05, 0) is 12.1 Å². The van der Waals surface area contributed by atoms with Crippen LogP contribution in [0.2, 0.25) is 0 Å². The molecule has 2 rings (SSSR count). The molecular formula is C14H18O3. The van der Waals surface area contributed by atoms with Gasteiger partial charge in [0.1, 0.15) is 5.75 Å². The summed E-state index contributed by atoms with van der Waals surface area (Å²) in [5, 5.41) is 0. The van der Waals surface area contributed by atoms with E-state index >= 15 is 0 Å². The Kier molecular flexibility index (Phi) is 3.82. The summed E-state index contributed by atoms with van der Waals surface area (Å²) in [6.45, 7) is 6.57. The Bertz CT molecular complexity index is 372. The van der Waals surface area contributed by atoms with E-state index in [4.69, 9.17) is 14.2 Å². The van der Waals surface area contributed by atoms with Gasteiger partial charge in [-0.3, -0.25) is 0 Å². The van der Waals surface area contributed by atoms with Gasteiger partial charge < -0.3 is 14.2 Å². The van der Waals surface area contributed by atoms with Crippen molar-refractivity contribution < 1.29 is 14.2 Å². The fourth-order valence-corrected chi connectivity index (χ4v) is 1.87. The summed E-state index contributed by atoms with van der Waals surface area (Å²) < 4.78 is 16.6. The maximum Gasteiger partial charge on any atom is 0.184 e. The summed E-state index contributed by atoms with van der Waals surface area (Å²) in [4.78, 5) is 0. The van der Waals surface area contributed by atoms with Crippen molar-refractivity contribution in [3.63, 3.8) is 0 Å². The standard InChI is InChI=1S/C14H18O3/c1-4-13-10(2)9-16-14(17-13)11-5-7-12(15-3)8-6-11/h4-8,10,13-14H,1,9H2,2-3H3/t10-,13+,14?/m0/s1. The molecule has 0 aliphatic carbocycles. The van der Waals surface area contributed by atoms with Crippen molar-refractivity contribution in [2.24, 2.45) is 5.92 Å². The predicted octanol–water partition coefficient (Wildman–Crippen LogP) is 2.93. The molecule has 0 amide bonds. The number of benzene rings is 1. The highest BCUT2D eigenvalue weighted by Gasteiger charge is 2.27. The van der Waals surface area contributed by atoms with Crippen LogP contribution in [0.5, 0.6) is 5.75 Å². The van der Waals surface area contributed by atoms with Crippen LogP contribution in [0.25, 0.3) is 0 Å². The van der Waals surface area contributed by atoms with Crippen LogP contribution in [0.4, 0.5) is 0 Å². The second kappa shape index (κ2) is 5.34. The molecule has 1 unspecified atom stereocenters. The molecular weight excluding hydrogens is 216 g/mol. The van der Waals surface area contributed by atoms with Crippen molar-refractivity contribution >= 4 is 0 Å². The normalized spacial score (nSPS) is 28.7. The smallest absolute Gasteiger partial charge is 0.184 e. The van der Waals surface area contributed by atoms with Crippen LogP contribution in [0, 0.1) is 5.92 Å². The summed E-state index contributed by atoms with van der Waals surface area (Å²) in [5.74, 6) is 1.18. The zero-order valence-electron chi connectivity index (χ0n) is 10.3. The van der Waals surface area contributed by atoms with E-state index in [-0.39, 0.29) is 12.4 Å². The second-order valence-corrected chi connectivity index (χ2v) is 4.25. The molecule has 1 aliphatic rings. The molecule has 0 N–H and O–H groups in total. The van der Waals surface area contributed by atoms with Crippen LogP contribution in [-0.2, 0) is 9.47 Å². The summed E-state index contributed by atoms with van der Waals surface area (Å²) in [7, 11) is 1.65. The van der Waals surface area contributed by atoms with Gasteiger partial charge in [0.15, 0.2) is 6.29 Å². The molecule has 0 spiro atoms. The molecule has 0 radical (unpaired) electrons. The first-order chi connectivity index (χ1) is 8.24. The maximum absolute atomic E-state index is 5.83. The Morgan fingerprint density at radius 1 is 1.35 bits per heavy atom. The van der Waals surface area contributed by atoms with Crippen molar-refractivity contribution in [2.75, 3.05) is 13.7 Å². The van der Waals surface area contributed by atoms with Crippen LogP contribution >= 0.6 is 0 Å². The van der Waals surface area contributed by atoms with Gasteiger partial charge in [0.25, 0.3) is 0 Å². The van der Waals surface area contributed by atoms with Crippen LogP contribution in [-0.4, -0.2) is 19.8 Å². The monoisotopic (exact) mass is 234 g/mol. The third kappa shape index (κ3) is 2.68. The lowest BCUT2D eigenvalue weighted by Gasteiger charge is -2.33. The van der Waals surface area contributed by atoms with E-state index in [1.165, 1.54) is 0 Å². The maximum atomic E-state index is 5.83. The van der Waals surface area contributed by atoms with Gasteiger partial charge in [0, 0.05) is 11.5 Å². The van der Waals surface area contributed by atoms with E-state index < -0.39 is 0 Å². The highest BCUT2D eigenvalue weighted by molar-refractivity contribution is 5.28. The first-order valence-corrected chi connectivity index (χ1v) is 5.78. The predicted molar refractivity (Wildman–Crippen MR) is 65.9 cm³/mol. The summed E-state index contributed by atoms with van der Waals surface area (Å²) in [6.07, 6.45) is 1.58. The minimum absolute atomic E-state index is 0.0517. The van der Waals surface area contributed by atoms with Gasteiger partial charge in [-0.15, -0.1) is 6.58 Å². The molecule has 1 saturated heterocycles. The highest BCUT2D eigenvalue weighted by Crippen LogP contribution is 2.30. The number of rotatable bonds is 3. The zero-order valence-corrected chi connectivity index (χ0v) is 10.3. The lowest BCUT2D eigenvalue weighted by Crippen LogP contribution is -2.33. The number of hydrogen-bond acceptors (Lipinski definition) is 3. The number of methoxy groups -OCH3 is 1. The molecule has 3 atom stereocenters.